The van der Waals surface area contributed by atoms with Crippen LogP contribution in [0.1, 0.15) is 32.0 Å². The van der Waals surface area contributed by atoms with Crippen LogP contribution in [0.25, 0.3) is 16.6 Å². The number of rotatable bonds is 4. The number of aromatic nitrogens is 3. The first-order chi connectivity index (χ1) is 15.0. The van der Waals surface area contributed by atoms with Crippen LogP contribution in [-0.2, 0) is 15.4 Å². The maximum Gasteiger partial charge on any atom is 0.263 e. The number of benzene rings is 2. The summed E-state index contributed by atoms with van der Waals surface area (Å²) in [5.41, 5.74) is 1.09. The van der Waals surface area contributed by atoms with Gasteiger partial charge in [-0.2, -0.15) is 5.10 Å². The van der Waals surface area contributed by atoms with E-state index in [1.807, 2.05) is 20.8 Å². The molecule has 0 bridgehead atoms. The second kappa shape index (κ2) is 7.67. The molecule has 0 fully saturated rings. The highest BCUT2D eigenvalue weighted by atomic mass is 32.2. The molecule has 4 rings (SSSR count). The van der Waals surface area contributed by atoms with Crippen molar-refractivity contribution in [3.8, 4) is 5.69 Å². The van der Waals surface area contributed by atoms with Crippen LogP contribution >= 0.6 is 0 Å². The molecule has 0 saturated heterocycles. The number of fused-ring (bicyclic) bond motifs is 1. The Morgan fingerprint density at radius 1 is 1.00 bits per heavy atom. The van der Waals surface area contributed by atoms with Crippen LogP contribution in [0.15, 0.2) is 59.6 Å². The largest absolute Gasteiger partial charge is 0.263 e. The Hall–Kier alpha value is -3.33. The lowest BCUT2D eigenvalue weighted by Gasteiger charge is -2.20. The lowest BCUT2D eigenvalue weighted by Crippen LogP contribution is -2.18. The van der Waals surface area contributed by atoms with Crippen molar-refractivity contribution in [2.24, 2.45) is 0 Å². The number of pyridine rings is 1. The third kappa shape index (κ3) is 3.95. The Morgan fingerprint density at radius 3 is 2.44 bits per heavy atom. The summed E-state index contributed by atoms with van der Waals surface area (Å²) < 4.78 is 58.7. The minimum absolute atomic E-state index is 0.138. The Labute approximate surface area is 185 Å². The Morgan fingerprint density at radius 2 is 1.75 bits per heavy atom. The fraction of sp³-hybridized carbons (Fsp3) is 0.217. The summed E-state index contributed by atoms with van der Waals surface area (Å²) >= 11 is 0. The molecule has 6 nitrogen and oxygen atoms in total. The third-order valence-corrected chi connectivity index (χ3v) is 6.41. The lowest BCUT2D eigenvalue weighted by atomic mass is 9.87. The molecular weight excluding hydrogens is 434 g/mol. The van der Waals surface area contributed by atoms with Gasteiger partial charge in [0, 0.05) is 17.6 Å². The average Bonchev–Trinajstić information content (AvgIpc) is 3.06. The predicted molar refractivity (Wildman–Crippen MR) is 119 cm³/mol. The van der Waals surface area contributed by atoms with E-state index in [2.05, 4.69) is 14.8 Å². The molecule has 0 atom stereocenters. The van der Waals surface area contributed by atoms with Gasteiger partial charge in [-0.15, -0.1) is 0 Å². The first-order valence-corrected chi connectivity index (χ1v) is 11.4. The van der Waals surface area contributed by atoms with Gasteiger partial charge in [0.15, 0.2) is 0 Å². The molecule has 0 radical (unpaired) electrons. The molecule has 4 aromatic rings. The number of hydrogen-bond acceptors (Lipinski definition) is 4. The molecule has 32 heavy (non-hydrogen) atoms. The highest BCUT2D eigenvalue weighted by Gasteiger charge is 2.24. The molecule has 0 amide bonds. The molecule has 2 aromatic heterocycles. The number of halogens is 2. The van der Waals surface area contributed by atoms with E-state index >= 15 is 0 Å². The monoisotopic (exact) mass is 456 g/mol. The number of aryl methyl sites for hydroxylation is 1. The molecule has 1 N–H and O–H groups in total. The van der Waals surface area contributed by atoms with Crippen LogP contribution in [0.3, 0.4) is 0 Å². The molecule has 0 aliphatic rings. The average molecular weight is 457 g/mol. The summed E-state index contributed by atoms with van der Waals surface area (Å²) in [5.74, 6) is -0.954. The molecule has 0 aliphatic heterocycles. The fourth-order valence-electron chi connectivity index (χ4n) is 3.53. The van der Waals surface area contributed by atoms with Crippen LogP contribution in [0.2, 0.25) is 0 Å². The quantitative estimate of drug-likeness (QED) is 0.463. The van der Waals surface area contributed by atoms with E-state index in [4.69, 9.17) is 0 Å². The lowest BCUT2D eigenvalue weighted by molar-refractivity contribution is 0.519. The number of sulfonamides is 1. The van der Waals surface area contributed by atoms with Crippen molar-refractivity contribution >= 4 is 26.7 Å². The highest BCUT2D eigenvalue weighted by molar-refractivity contribution is 7.92. The Balaban J connectivity index is 1.78. The number of nitrogens with one attached hydrogen (secondary N) is 1. The molecule has 0 unspecified atom stereocenters. The van der Waals surface area contributed by atoms with Gasteiger partial charge in [0.1, 0.15) is 23.0 Å². The zero-order chi connectivity index (χ0) is 23.3. The maximum absolute atomic E-state index is 14.6. The van der Waals surface area contributed by atoms with Gasteiger partial charge < -0.3 is 0 Å². The minimum Gasteiger partial charge on any atom is -0.263 e. The van der Waals surface area contributed by atoms with Crippen LogP contribution in [0, 0.1) is 18.6 Å². The van der Waals surface area contributed by atoms with E-state index < -0.39 is 27.1 Å². The highest BCUT2D eigenvalue weighted by Crippen LogP contribution is 2.29. The number of nitrogens with zero attached hydrogens (tertiary/aromatic N) is 3. The van der Waals surface area contributed by atoms with E-state index in [0.29, 0.717) is 22.3 Å². The van der Waals surface area contributed by atoms with Gasteiger partial charge in [0.2, 0.25) is 0 Å². The Kier molecular flexibility index (Phi) is 5.24. The van der Waals surface area contributed by atoms with Gasteiger partial charge in [0.25, 0.3) is 10.0 Å². The summed E-state index contributed by atoms with van der Waals surface area (Å²) in [7, 11) is -4.12. The molecule has 166 valence electrons. The summed E-state index contributed by atoms with van der Waals surface area (Å²) in [5, 5.41) is 4.84. The van der Waals surface area contributed by atoms with Gasteiger partial charge in [-0.25, -0.2) is 21.9 Å². The minimum atomic E-state index is -4.12. The molecule has 0 saturated carbocycles. The van der Waals surface area contributed by atoms with Gasteiger partial charge in [-0.05, 0) is 54.3 Å². The van der Waals surface area contributed by atoms with Crippen LogP contribution in [0.5, 0.6) is 0 Å². The van der Waals surface area contributed by atoms with E-state index in [0.717, 1.165) is 6.07 Å². The molecule has 2 heterocycles. The van der Waals surface area contributed by atoms with E-state index in [-0.39, 0.29) is 16.2 Å². The first kappa shape index (κ1) is 21.9. The fourth-order valence-corrected chi connectivity index (χ4v) is 4.58. The van der Waals surface area contributed by atoms with Crippen molar-refractivity contribution in [2.75, 3.05) is 4.72 Å². The number of anilines is 1. The SMILES string of the molecule is Cc1cc(NS(=O)(=O)c2ccc(C(C)(C)C)c(F)c2)n(-c2ccc(F)c3ncccc23)n1. The molecule has 0 aliphatic carbocycles. The van der Waals surface area contributed by atoms with E-state index in [9.17, 15) is 17.2 Å². The van der Waals surface area contributed by atoms with Crippen molar-refractivity contribution in [1.29, 1.82) is 0 Å². The van der Waals surface area contributed by atoms with Crippen molar-refractivity contribution in [1.82, 2.24) is 14.8 Å². The van der Waals surface area contributed by atoms with Crippen molar-refractivity contribution < 1.29 is 17.2 Å². The summed E-state index contributed by atoms with van der Waals surface area (Å²) in [6, 6.07) is 11.5. The molecular formula is C23H22F2N4O2S. The third-order valence-electron chi connectivity index (χ3n) is 5.05. The van der Waals surface area contributed by atoms with Crippen LogP contribution in [0.4, 0.5) is 14.6 Å². The second-order valence-electron chi connectivity index (χ2n) is 8.55. The molecule has 2 aromatic carbocycles. The van der Waals surface area contributed by atoms with Gasteiger partial charge >= 0.3 is 0 Å². The van der Waals surface area contributed by atoms with Crippen molar-refractivity contribution in [3.63, 3.8) is 0 Å². The zero-order valence-corrected chi connectivity index (χ0v) is 18.8. The van der Waals surface area contributed by atoms with E-state index in [1.54, 1.807) is 25.1 Å². The maximum atomic E-state index is 14.6. The molecule has 9 heteroatoms. The van der Waals surface area contributed by atoms with Gasteiger partial charge in [0.05, 0.1) is 16.3 Å². The normalized spacial score (nSPS) is 12.3. The summed E-state index contributed by atoms with van der Waals surface area (Å²) in [6.45, 7) is 7.25. The van der Waals surface area contributed by atoms with Crippen molar-refractivity contribution in [2.45, 2.75) is 38.0 Å². The summed E-state index contributed by atoms with van der Waals surface area (Å²) in [4.78, 5) is 3.86. The smallest absolute Gasteiger partial charge is 0.263 e. The standard InChI is InChI=1S/C23H22F2N4O2S/c1-14-12-21(28-32(30,31)15-7-8-17(19(25)13-15)23(2,3)4)29(27-14)20-10-9-18(24)22-16(20)6-5-11-26-22/h5-13,28H,1-4H3. The van der Waals surface area contributed by atoms with Gasteiger partial charge in [-0.1, -0.05) is 26.8 Å². The first-order valence-electron chi connectivity index (χ1n) is 9.90. The second-order valence-corrected chi connectivity index (χ2v) is 10.2. The van der Waals surface area contributed by atoms with Crippen LogP contribution in [-0.4, -0.2) is 23.2 Å². The Bertz CT molecular complexity index is 1440. The summed E-state index contributed by atoms with van der Waals surface area (Å²) in [6.07, 6.45) is 1.48. The number of hydrogen-bond donors (Lipinski definition) is 1. The zero-order valence-electron chi connectivity index (χ0n) is 18.0. The van der Waals surface area contributed by atoms with Crippen LogP contribution < -0.4 is 4.72 Å². The van der Waals surface area contributed by atoms with Crippen molar-refractivity contribution in [3.05, 3.63) is 77.6 Å². The topological polar surface area (TPSA) is 76.9 Å². The van der Waals surface area contributed by atoms with E-state index in [1.165, 1.54) is 35.1 Å². The predicted octanol–water partition coefficient (Wildman–Crippen LogP) is 5.11. The van der Waals surface area contributed by atoms with Gasteiger partial charge in [-0.3, -0.25) is 9.71 Å². The molecule has 0 spiro atoms.